The van der Waals surface area contributed by atoms with Crippen LogP contribution in [0.4, 0.5) is 0 Å². The molecular formula is C17H28N2. The van der Waals surface area contributed by atoms with Crippen LogP contribution in [0.3, 0.4) is 0 Å². The minimum atomic E-state index is 0.666. The SMILES string of the molecule is CC(C)N(C)CCCCNCC1Cc2ccccc21. The Morgan fingerprint density at radius 2 is 2.05 bits per heavy atom. The van der Waals surface area contributed by atoms with Crippen molar-refractivity contribution in [3.63, 3.8) is 0 Å². The van der Waals surface area contributed by atoms with Crippen molar-refractivity contribution in [1.82, 2.24) is 10.2 Å². The molecule has 2 nitrogen and oxygen atoms in total. The van der Waals surface area contributed by atoms with Gasteiger partial charge in [0.05, 0.1) is 0 Å². The minimum Gasteiger partial charge on any atom is -0.316 e. The second-order valence-electron chi connectivity index (χ2n) is 6.09. The third-order valence-electron chi connectivity index (χ3n) is 4.35. The zero-order valence-electron chi connectivity index (χ0n) is 12.7. The molecule has 0 saturated heterocycles. The zero-order chi connectivity index (χ0) is 13.7. The predicted octanol–water partition coefficient (Wildman–Crippen LogP) is 3.04. The molecule has 1 aliphatic carbocycles. The first kappa shape index (κ1) is 14.5. The lowest BCUT2D eigenvalue weighted by Crippen LogP contribution is -2.30. The Morgan fingerprint density at radius 3 is 2.79 bits per heavy atom. The monoisotopic (exact) mass is 260 g/mol. The van der Waals surface area contributed by atoms with Gasteiger partial charge in [0.15, 0.2) is 0 Å². The fraction of sp³-hybridized carbons (Fsp3) is 0.647. The summed E-state index contributed by atoms with van der Waals surface area (Å²) in [4.78, 5) is 2.42. The molecule has 1 aromatic carbocycles. The van der Waals surface area contributed by atoms with Gasteiger partial charge in [-0.3, -0.25) is 0 Å². The Morgan fingerprint density at radius 1 is 1.26 bits per heavy atom. The predicted molar refractivity (Wildman–Crippen MR) is 82.8 cm³/mol. The van der Waals surface area contributed by atoms with Crippen LogP contribution in [0.25, 0.3) is 0 Å². The molecule has 106 valence electrons. The summed E-state index contributed by atoms with van der Waals surface area (Å²) in [6.45, 7) is 8.03. The second kappa shape index (κ2) is 7.06. The van der Waals surface area contributed by atoms with Gasteiger partial charge in [-0.2, -0.15) is 0 Å². The number of nitrogens with one attached hydrogen (secondary N) is 1. The van der Waals surface area contributed by atoms with Crippen LogP contribution in [0.15, 0.2) is 24.3 Å². The largest absolute Gasteiger partial charge is 0.316 e. The molecule has 0 heterocycles. The first-order valence-electron chi connectivity index (χ1n) is 7.67. The van der Waals surface area contributed by atoms with E-state index in [1.165, 1.54) is 25.8 Å². The Labute approximate surface area is 118 Å². The van der Waals surface area contributed by atoms with E-state index in [1.54, 1.807) is 11.1 Å². The molecule has 1 atom stereocenters. The maximum atomic E-state index is 3.61. The molecular weight excluding hydrogens is 232 g/mol. The molecule has 19 heavy (non-hydrogen) atoms. The molecule has 1 aliphatic rings. The topological polar surface area (TPSA) is 15.3 Å². The van der Waals surface area contributed by atoms with Gasteiger partial charge in [0, 0.05) is 18.5 Å². The van der Waals surface area contributed by atoms with Gasteiger partial charge in [-0.25, -0.2) is 0 Å². The Kier molecular flexibility index (Phi) is 5.41. The molecule has 0 fully saturated rings. The smallest absolute Gasteiger partial charge is 0.00355 e. The molecule has 0 spiro atoms. The van der Waals surface area contributed by atoms with Crippen molar-refractivity contribution in [2.45, 2.75) is 45.1 Å². The third-order valence-corrected chi connectivity index (χ3v) is 4.35. The fourth-order valence-electron chi connectivity index (χ4n) is 2.69. The first-order valence-corrected chi connectivity index (χ1v) is 7.67. The summed E-state index contributed by atoms with van der Waals surface area (Å²) >= 11 is 0. The highest BCUT2D eigenvalue weighted by Gasteiger charge is 2.24. The molecule has 1 aromatic rings. The van der Waals surface area contributed by atoms with E-state index in [-0.39, 0.29) is 0 Å². The molecule has 2 rings (SSSR count). The van der Waals surface area contributed by atoms with Gasteiger partial charge < -0.3 is 10.2 Å². The van der Waals surface area contributed by atoms with Crippen molar-refractivity contribution < 1.29 is 0 Å². The van der Waals surface area contributed by atoms with Crippen LogP contribution in [-0.4, -0.2) is 37.6 Å². The maximum absolute atomic E-state index is 3.61. The second-order valence-corrected chi connectivity index (χ2v) is 6.09. The maximum Gasteiger partial charge on any atom is 0.00355 e. The van der Waals surface area contributed by atoms with Crippen LogP contribution in [0.5, 0.6) is 0 Å². The van der Waals surface area contributed by atoms with Gasteiger partial charge >= 0.3 is 0 Å². The van der Waals surface area contributed by atoms with E-state index >= 15 is 0 Å². The summed E-state index contributed by atoms with van der Waals surface area (Å²) in [7, 11) is 2.21. The van der Waals surface area contributed by atoms with Gasteiger partial charge in [-0.1, -0.05) is 24.3 Å². The summed E-state index contributed by atoms with van der Waals surface area (Å²) in [5.41, 5.74) is 3.11. The van der Waals surface area contributed by atoms with Crippen molar-refractivity contribution in [3.05, 3.63) is 35.4 Å². The molecule has 0 aliphatic heterocycles. The molecule has 0 radical (unpaired) electrons. The van der Waals surface area contributed by atoms with Crippen LogP contribution < -0.4 is 5.32 Å². The van der Waals surface area contributed by atoms with E-state index in [1.807, 2.05) is 0 Å². The fourth-order valence-corrected chi connectivity index (χ4v) is 2.69. The van der Waals surface area contributed by atoms with Crippen LogP contribution in [-0.2, 0) is 6.42 Å². The van der Waals surface area contributed by atoms with Crippen LogP contribution >= 0.6 is 0 Å². The number of nitrogens with zero attached hydrogens (tertiary/aromatic N) is 1. The van der Waals surface area contributed by atoms with E-state index < -0.39 is 0 Å². The third kappa shape index (κ3) is 4.05. The summed E-state index contributed by atoms with van der Waals surface area (Å²) in [6.07, 6.45) is 3.84. The molecule has 0 saturated carbocycles. The average Bonchev–Trinajstić information content (AvgIpc) is 2.37. The van der Waals surface area contributed by atoms with Gasteiger partial charge in [-0.05, 0) is 64.4 Å². The van der Waals surface area contributed by atoms with Crippen LogP contribution in [0, 0.1) is 0 Å². The van der Waals surface area contributed by atoms with Crippen molar-refractivity contribution in [3.8, 4) is 0 Å². The number of benzene rings is 1. The van der Waals surface area contributed by atoms with Gasteiger partial charge in [0.2, 0.25) is 0 Å². The lowest BCUT2D eigenvalue weighted by molar-refractivity contribution is 0.268. The van der Waals surface area contributed by atoms with Crippen molar-refractivity contribution >= 4 is 0 Å². The van der Waals surface area contributed by atoms with Gasteiger partial charge in [-0.15, -0.1) is 0 Å². The normalized spacial score (nSPS) is 17.6. The highest BCUT2D eigenvalue weighted by Crippen LogP contribution is 2.33. The highest BCUT2D eigenvalue weighted by molar-refractivity contribution is 5.40. The summed E-state index contributed by atoms with van der Waals surface area (Å²) in [5.74, 6) is 0.759. The van der Waals surface area contributed by atoms with Crippen molar-refractivity contribution in [2.24, 2.45) is 0 Å². The molecule has 2 heteroatoms. The quantitative estimate of drug-likeness (QED) is 0.723. The molecule has 0 amide bonds. The number of rotatable bonds is 8. The number of hydrogen-bond donors (Lipinski definition) is 1. The van der Waals surface area contributed by atoms with E-state index in [9.17, 15) is 0 Å². The molecule has 0 aromatic heterocycles. The lowest BCUT2D eigenvalue weighted by atomic mass is 9.77. The van der Waals surface area contributed by atoms with Crippen LogP contribution in [0.1, 0.15) is 43.7 Å². The lowest BCUT2D eigenvalue weighted by Gasteiger charge is -2.30. The summed E-state index contributed by atoms with van der Waals surface area (Å²) in [5, 5.41) is 3.61. The van der Waals surface area contributed by atoms with E-state index in [0.717, 1.165) is 19.0 Å². The number of unbranched alkanes of at least 4 members (excludes halogenated alkanes) is 1. The first-order chi connectivity index (χ1) is 9.18. The van der Waals surface area contributed by atoms with E-state index in [2.05, 4.69) is 55.4 Å². The Bertz CT molecular complexity index is 387. The standard InChI is InChI=1S/C17H28N2/c1-14(2)19(3)11-7-6-10-18-13-16-12-15-8-4-5-9-17(15)16/h4-5,8-9,14,16,18H,6-7,10-13H2,1-3H3. The average molecular weight is 260 g/mol. The summed E-state index contributed by atoms with van der Waals surface area (Å²) < 4.78 is 0. The van der Waals surface area contributed by atoms with E-state index in [4.69, 9.17) is 0 Å². The Balaban J connectivity index is 1.52. The van der Waals surface area contributed by atoms with Crippen molar-refractivity contribution in [2.75, 3.05) is 26.7 Å². The summed E-state index contributed by atoms with van der Waals surface area (Å²) in [6, 6.07) is 9.51. The molecule has 1 N–H and O–H groups in total. The highest BCUT2D eigenvalue weighted by atomic mass is 15.1. The number of fused-ring (bicyclic) bond motifs is 1. The van der Waals surface area contributed by atoms with Gasteiger partial charge in [0.25, 0.3) is 0 Å². The number of hydrogen-bond acceptors (Lipinski definition) is 2. The van der Waals surface area contributed by atoms with Crippen LogP contribution in [0.2, 0.25) is 0 Å². The van der Waals surface area contributed by atoms with E-state index in [0.29, 0.717) is 6.04 Å². The zero-order valence-corrected chi connectivity index (χ0v) is 12.7. The minimum absolute atomic E-state index is 0.666. The van der Waals surface area contributed by atoms with Gasteiger partial charge in [0.1, 0.15) is 0 Å². The Hall–Kier alpha value is -0.860. The molecule has 0 bridgehead atoms. The molecule has 1 unspecified atom stereocenters. The van der Waals surface area contributed by atoms with Crippen molar-refractivity contribution in [1.29, 1.82) is 0 Å².